The Morgan fingerprint density at radius 1 is 1.13 bits per heavy atom. The molecule has 1 aromatic heterocycles. The number of aromatic nitrogens is 1. The van der Waals surface area contributed by atoms with Crippen LogP contribution in [0.2, 0.25) is 5.02 Å². The zero-order valence-electron chi connectivity index (χ0n) is 13.2. The van der Waals surface area contributed by atoms with Gasteiger partial charge in [0.2, 0.25) is 0 Å². The van der Waals surface area contributed by atoms with E-state index < -0.39 is 0 Å². The number of carbonyl (C=O) groups excluding carboxylic acids is 1. The Bertz CT molecular complexity index is 850. The van der Waals surface area contributed by atoms with E-state index in [1.54, 1.807) is 19.1 Å². The van der Waals surface area contributed by atoms with Gasteiger partial charge >= 0.3 is 0 Å². The number of nitrogens with zero attached hydrogens (tertiary/aromatic N) is 1. The van der Waals surface area contributed by atoms with Crippen molar-refractivity contribution >= 4 is 28.3 Å². The average Bonchev–Trinajstić information content (AvgIpc) is 2.82. The highest BCUT2D eigenvalue weighted by atomic mass is 35.5. The van der Waals surface area contributed by atoms with Gasteiger partial charge in [-0.2, -0.15) is 0 Å². The first-order valence-electron chi connectivity index (χ1n) is 7.55. The van der Waals surface area contributed by atoms with Gasteiger partial charge in [0.1, 0.15) is 12.4 Å². The van der Waals surface area contributed by atoms with Gasteiger partial charge in [-0.15, -0.1) is 0 Å². The molecule has 118 valence electrons. The maximum absolute atomic E-state index is 12.0. The maximum Gasteiger partial charge on any atom is 0.162 e. The number of Topliss-reactive ketones (excluding diaryl/α,β-unsaturated/α-hetero) is 1. The van der Waals surface area contributed by atoms with Gasteiger partial charge in [-0.1, -0.05) is 29.8 Å². The lowest BCUT2D eigenvalue weighted by Crippen LogP contribution is -2.10. The van der Waals surface area contributed by atoms with Gasteiger partial charge in [-0.3, -0.25) is 4.79 Å². The Morgan fingerprint density at radius 2 is 1.83 bits per heavy atom. The van der Waals surface area contributed by atoms with Crippen LogP contribution in [0.15, 0.2) is 48.5 Å². The molecule has 3 aromatic rings. The minimum atomic E-state index is 0.0936. The van der Waals surface area contributed by atoms with Gasteiger partial charge in [0.25, 0.3) is 0 Å². The van der Waals surface area contributed by atoms with E-state index in [1.807, 2.05) is 43.3 Å². The summed E-state index contributed by atoms with van der Waals surface area (Å²) in [5.74, 6) is 0.881. The van der Waals surface area contributed by atoms with Gasteiger partial charge in [0.15, 0.2) is 5.78 Å². The number of hydrogen-bond acceptors (Lipinski definition) is 2. The van der Waals surface area contributed by atoms with E-state index in [0.29, 0.717) is 18.2 Å². The molecule has 0 fully saturated rings. The van der Waals surface area contributed by atoms with Crippen LogP contribution in [-0.2, 0) is 6.54 Å². The van der Waals surface area contributed by atoms with E-state index in [4.69, 9.17) is 16.3 Å². The quantitative estimate of drug-likeness (QED) is 0.625. The maximum atomic E-state index is 12.0. The van der Waals surface area contributed by atoms with Crippen LogP contribution in [0.25, 0.3) is 10.9 Å². The molecule has 0 saturated carbocycles. The summed E-state index contributed by atoms with van der Waals surface area (Å²) in [4.78, 5) is 12.0. The second kappa shape index (κ2) is 6.47. The zero-order valence-corrected chi connectivity index (χ0v) is 13.9. The highest BCUT2D eigenvalue weighted by molar-refractivity contribution is 6.30. The van der Waals surface area contributed by atoms with Gasteiger partial charge < -0.3 is 9.30 Å². The third-order valence-electron chi connectivity index (χ3n) is 3.98. The molecule has 0 saturated heterocycles. The van der Waals surface area contributed by atoms with Crippen molar-refractivity contribution in [3.8, 4) is 5.75 Å². The van der Waals surface area contributed by atoms with Crippen molar-refractivity contribution in [3.05, 3.63) is 64.8 Å². The van der Waals surface area contributed by atoms with Crippen LogP contribution in [0, 0.1) is 6.92 Å². The fourth-order valence-corrected chi connectivity index (χ4v) is 3.08. The van der Waals surface area contributed by atoms with Gasteiger partial charge in [0.05, 0.1) is 6.54 Å². The van der Waals surface area contributed by atoms with Crippen LogP contribution in [0.3, 0.4) is 0 Å². The molecule has 3 nitrogen and oxygen atoms in total. The zero-order chi connectivity index (χ0) is 16.4. The minimum absolute atomic E-state index is 0.0936. The molecule has 0 bridgehead atoms. The van der Waals surface area contributed by atoms with E-state index in [0.717, 1.165) is 27.9 Å². The predicted molar refractivity (Wildman–Crippen MR) is 93.6 cm³/mol. The molecule has 0 unspecified atom stereocenters. The summed E-state index contributed by atoms with van der Waals surface area (Å²) in [5.41, 5.74) is 2.85. The number of hydrogen-bond donors (Lipinski definition) is 0. The van der Waals surface area contributed by atoms with Crippen LogP contribution >= 0.6 is 11.6 Å². The summed E-state index contributed by atoms with van der Waals surface area (Å²) in [7, 11) is 0. The lowest BCUT2D eigenvalue weighted by Gasteiger charge is -2.10. The molecule has 4 heteroatoms. The molecule has 0 aliphatic carbocycles. The number of benzene rings is 2. The summed E-state index contributed by atoms with van der Waals surface area (Å²) < 4.78 is 7.92. The number of para-hydroxylation sites is 1. The SMILES string of the molecule is CC(=O)c1c(C)n(CCOc2ccc(Cl)cc2)c2ccccc12. The lowest BCUT2D eigenvalue weighted by molar-refractivity contribution is 0.101. The summed E-state index contributed by atoms with van der Waals surface area (Å²) in [6, 6.07) is 15.3. The Kier molecular flexibility index (Phi) is 4.39. The van der Waals surface area contributed by atoms with E-state index in [1.165, 1.54) is 0 Å². The first kappa shape index (κ1) is 15.6. The van der Waals surface area contributed by atoms with E-state index in [9.17, 15) is 4.79 Å². The Morgan fingerprint density at radius 3 is 2.52 bits per heavy atom. The molecule has 23 heavy (non-hydrogen) atoms. The van der Waals surface area contributed by atoms with Crippen LogP contribution in [0.1, 0.15) is 23.0 Å². The van der Waals surface area contributed by atoms with Crippen LogP contribution < -0.4 is 4.74 Å². The van der Waals surface area contributed by atoms with Crippen molar-refractivity contribution in [1.29, 1.82) is 0 Å². The second-order valence-electron chi connectivity index (χ2n) is 5.49. The predicted octanol–water partition coefficient (Wildman–Crippen LogP) is 4.88. The highest BCUT2D eigenvalue weighted by Gasteiger charge is 2.16. The van der Waals surface area contributed by atoms with Crippen LogP contribution in [0.4, 0.5) is 0 Å². The van der Waals surface area contributed by atoms with Gasteiger partial charge in [0, 0.05) is 27.2 Å². The smallest absolute Gasteiger partial charge is 0.162 e. The molecule has 0 aliphatic rings. The second-order valence-corrected chi connectivity index (χ2v) is 5.92. The first-order valence-corrected chi connectivity index (χ1v) is 7.93. The summed E-state index contributed by atoms with van der Waals surface area (Å²) in [5, 5.41) is 1.69. The highest BCUT2D eigenvalue weighted by Crippen LogP contribution is 2.26. The summed E-state index contributed by atoms with van der Waals surface area (Å²) in [6.07, 6.45) is 0. The molecule has 0 amide bonds. The third kappa shape index (κ3) is 3.10. The van der Waals surface area contributed by atoms with E-state index >= 15 is 0 Å². The van der Waals surface area contributed by atoms with Crippen molar-refractivity contribution < 1.29 is 9.53 Å². The Labute approximate surface area is 140 Å². The molecule has 2 aromatic carbocycles. The number of ketones is 1. The summed E-state index contributed by atoms with van der Waals surface area (Å²) >= 11 is 5.87. The van der Waals surface area contributed by atoms with Gasteiger partial charge in [-0.05, 0) is 44.2 Å². The molecule has 0 N–H and O–H groups in total. The fourth-order valence-electron chi connectivity index (χ4n) is 2.95. The topological polar surface area (TPSA) is 31.2 Å². The minimum Gasteiger partial charge on any atom is -0.492 e. The van der Waals surface area contributed by atoms with Crippen molar-refractivity contribution in [2.75, 3.05) is 6.61 Å². The summed E-state index contributed by atoms with van der Waals surface area (Å²) in [6.45, 7) is 4.81. The normalized spacial score (nSPS) is 10.9. The number of ether oxygens (including phenoxy) is 1. The van der Waals surface area contributed by atoms with Crippen molar-refractivity contribution in [3.63, 3.8) is 0 Å². The van der Waals surface area contributed by atoms with E-state index in [-0.39, 0.29) is 5.78 Å². The first-order chi connectivity index (χ1) is 11.1. The average molecular weight is 328 g/mol. The monoisotopic (exact) mass is 327 g/mol. The number of fused-ring (bicyclic) bond motifs is 1. The largest absolute Gasteiger partial charge is 0.492 e. The molecular weight excluding hydrogens is 310 g/mol. The molecular formula is C19H18ClNO2. The number of halogens is 1. The molecule has 0 atom stereocenters. The Hall–Kier alpha value is -2.26. The van der Waals surface area contributed by atoms with Crippen LogP contribution in [-0.4, -0.2) is 17.0 Å². The molecule has 0 aliphatic heterocycles. The third-order valence-corrected chi connectivity index (χ3v) is 4.23. The van der Waals surface area contributed by atoms with Gasteiger partial charge in [-0.25, -0.2) is 0 Å². The fraction of sp³-hybridized carbons (Fsp3) is 0.211. The van der Waals surface area contributed by atoms with E-state index in [2.05, 4.69) is 4.57 Å². The molecule has 3 rings (SSSR count). The Balaban J connectivity index is 1.84. The van der Waals surface area contributed by atoms with Crippen molar-refractivity contribution in [2.45, 2.75) is 20.4 Å². The number of carbonyl (C=O) groups is 1. The molecule has 0 radical (unpaired) electrons. The molecule has 1 heterocycles. The standard InChI is InChI=1S/C19H18ClNO2/c1-13-19(14(2)22)17-5-3-4-6-18(17)21(13)11-12-23-16-9-7-15(20)8-10-16/h3-10H,11-12H2,1-2H3. The van der Waals surface area contributed by atoms with Crippen molar-refractivity contribution in [1.82, 2.24) is 4.57 Å². The number of rotatable bonds is 5. The van der Waals surface area contributed by atoms with Crippen LogP contribution in [0.5, 0.6) is 5.75 Å². The van der Waals surface area contributed by atoms with Crippen molar-refractivity contribution in [2.24, 2.45) is 0 Å². The molecule has 0 spiro atoms. The lowest BCUT2D eigenvalue weighted by atomic mass is 10.1.